The number of alkyl halides is 3. The number of thioether (sulfide) groups is 1. The molecule has 0 aliphatic rings. The SMILES string of the molecule is Cc1cc(OC(C)c2nnc(SCC(=O)Nc3cccc(C(F)(F)F)c3)n2C)ccc1Cl. The second-order valence-electron chi connectivity index (χ2n) is 6.99. The number of amides is 1. The van der Waals surface area contributed by atoms with Gasteiger partial charge in [-0.2, -0.15) is 13.2 Å². The first-order chi connectivity index (χ1) is 15.0. The van der Waals surface area contributed by atoms with Crippen molar-refractivity contribution < 1.29 is 22.7 Å². The Hall–Kier alpha value is -2.72. The van der Waals surface area contributed by atoms with Crippen molar-refractivity contribution in [1.29, 1.82) is 0 Å². The first kappa shape index (κ1) is 23.9. The van der Waals surface area contributed by atoms with E-state index in [0.717, 1.165) is 29.5 Å². The van der Waals surface area contributed by atoms with Crippen molar-refractivity contribution in [3.05, 3.63) is 64.4 Å². The van der Waals surface area contributed by atoms with Gasteiger partial charge < -0.3 is 14.6 Å². The third kappa shape index (κ3) is 5.95. The van der Waals surface area contributed by atoms with Crippen LogP contribution in [0.2, 0.25) is 5.02 Å². The van der Waals surface area contributed by atoms with Gasteiger partial charge in [0.2, 0.25) is 5.91 Å². The van der Waals surface area contributed by atoms with E-state index in [1.807, 2.05) is 19.9 Å². The van der Waals surface area contributed by atoms with Crippen LogP contribution in [0.3, 0.4) is 0 Å². The molecule has 0 aliphatic heterocycles. The van der Waals surface area contributed by atoms with E-state index in [2.05, 4.69) is 15.5 Å². The normalized spacial score (nSPS) is 12.5. The fourth-order valence-corrected chi connectivity index (χ4v) is 3.69. The van der Waals surface area contributed by atoms with Crippen molar-refractivity contribution in [2.45, 2.75) is 31.3 Å². The van der Waals surface area contributed by atoms with Crippen molar-refractivity contribution in [2.24, 2.45) is 7.05 Å². The molecule has 6 nitrogen and oxygen atoms in total. The van der Waals surface area contributed by atoms with E-state index in [-0.39, 0.29) is 11.4 Å². The summed E-state index contributed by atoms with van der Waals surface area (Å²) in [5.74, 6) is 0.684. The number of hydrogen-bond acceptors (Lipinski definition) is 5. The fourth-order valence-electron chi connectivity index (χ4n) is 2.85. The van der Waals surface area contributed by atoms with Crippen LogP contribution in [0.25, 0.3) is 0 Å². The Morgan fingerprint density at radius 3 is 2.69 bits per heavy atom. The van der Waals surface area contributed by atoms with E-state index in [4.69, 9.17) is 16.3 Å². The summed E-state index contributed by atoms with van der Waals surface area (Å²) in [7, 11) is 1.75. The van der Waals surface area contributed by atoms with Crippen LogP contribution in [-0.4, -0.2) is 26.4 Å². The van der Waals surface area contributed by atoms with E-state index in [0.29, 0.717) is 21.8 Å². The van der Waals surface area contributed by atoms with Crippen molar-refractivity contribution in [1.82, 2.24) is 14.8 Å². The van der Waals surface area contributed by atoms with E-state index in [1.165, 1.54) is 12.1 Å². The molecule has 32 heavy (non-hydrogen) atoms. The lowest BCUT2D eigenvalue weighted by Gasteiger charge is -2.15. The van der Waals surface area contributed by atoms with Crippen molar-refractivity contribution in [3.8, 4) is 5.75 Å². The average molecular weight is 485 g/mol. The van der Waals surface area contributed by atoms with Crippen molar-refractivity contribution in [3.63, 3.8) is 0 Å². The molecule has 1 aromatic heterocycles. The number of nitrogens with zero attached hydrogens (tertiary/aromatic N) is 3. The Balaban J connectivity index is 1.59. The Bertz CT molecular complexity index is 1120. The van der Waals surface area contributed by atoms with Gasteiger partial charge in [-0.25, -0.2) is 0 Å². The minimum absolute atomic E-state index is 0.0478. The molecule has 11 heteroatoms. The zero-order valence-electron chi connectivity index (χ0n) is 17.4. The van der Waals surface area contributed by atoms with Gasteiger partial charge in [0.25, 0.3) is 0 Å². The first-order valence-corrected chi connectivity index (χ1v) is 10.8. The number of carbonyl (C=O) groups is 1. The van der Waals surface area contributed by atoms with Gasteiger partial charge in [0, 0.05) is 17.8 Å². The standard InChI is InChI=1S/C21H20ClF3N4O2S/c1-12-9-16(7-8-17(12)22)31-13(2)19-27-28-20(29(19)3)32-11-18(30)26-15-6-4-5-14(10-15)21(23,24)25/h4-10,13H,11H2,1-3H3,(H,26,30). The van der Waals surface area contributed by atoms with Crippen LogP contribution < -0.4 is 10.1 Å². The predicted octanol–water partition coefficient (Wildman–Crippen LogP) is 5.67. The number of halogens is 4. The Kier molecular flexibility index (Phi) is 7.35. The molecule has 0 fully saturated rings. The summed E-state index contributed by atoms with van der Waals surface area (Å²) in [6.07, 6.45) is -4.89. The van der Waals surface area contributed by atoms with Gasteiger partial charge in [0.15, 0.2) is 17.1 Å². The molecule has 0 saturated heterocycles. The number of rotatable bonds is 7. The van der Waals surface area contributed by atoms with Crippen LogP contribution in [-0.2, 0) is 18.0 Å². The lowest BCUT2D eigenvalue weighted by molar-refractivity contribution is -0.137. The average Bonchev–Trinajstić information content (AvgIpc) is 3.09. The minimum Gasteiger partial charge on any atom is -0.483 e. The number of aryl methyl sites for hydroxylation is 1. The quantitative estimate of drug-likeness (QED) is 0.438. The number of carbonyl (C=O) groups excluding carboxylic acids is 1. The molecule has 2 aromatic carbocycles. The predicted molar refractivity (Wildman–Crippen MR) is 117 cm³/mol. The maximum absolute atomic E-state index is 12.8. The highest BCUT2D eigenvalue weighted by Gasteiger charge is 2.30. The fraction of sp³-hybridized carbons (Fsp3) is 0.286. The van der Waals surface area contributed by atoms with E-state index >= 15 is 0 Å². The third-order valence-electron chi connectivity index (χ3n) is 4.48. The Morgan fingerprint density at radius 1 is 1.25 bits per heavy atom. The molecule has 1 unspecified atom stereocenters. The van der Waals surface area contributed by atoms with Crippen LogP contribution in [0.4, 0.5) is 18.9 Å². The molecular formula is C21H20ClF3N4O2S. The molecule has 0 bridgehead atoms. The molecule has 170 valence electrons. The zero-order chi connectivity index (χ0) is 23.5. The number of benzene rings is 2. The van der Waals surface area contributed by atoms with E-state index < -0.39 is 23.8 Å². The summed E-state index contributed by atoms with van der Waals surface area (Å²) in [6.45, 7) is 3.70. The second kappa shape index (κ2) is 9.83. The summed E-state index contributed by atoms with van der Waals surface area (Å²) in [6, 6.07) is 9.80. The van der Waals surface area contributed by atoms with Crippen LogP contribution in [0.1, 0.15) is 30.0 Å². The van der Waals surface area contributed by atoms with Crippen LogP contribution in [0.15, 0.2) is 47.6 Å². The van der Waals surface area contributed by atoms with Gasteiger partial charge in [-0.05, 0) is 55.8 Å². The number of aromatic nitrogens is 3. The smallest absolute Gasteiger partial charge is 0.416 e. The maximum Gasteiger partial charge on any atom is 0.416 e. The minimum atomic E-state index is -4.48. The van der Waals surface area contributed by atoms with Crippen molar-refractivity contribution >= 4 is 35.0 Å². The molecule has 1 N–H and O–H groups in total. The molecule has 3 rings (SSSR count). The van der Waals surface area contributed by atoms with E-state index in [1.54, 1.807) is 23.7 Å². The van der Waals surface area contributed by atoms with Crippen LogP contribution >= 0.6 is 23.4 Å². The van der Waals surface area contributed by atoms with Gasteiger partial charge in [-0.1, -0.05) is 29.4 Å². The first-order valence-electron chi connectivity index (χ1n) is 9.46. The molecule has 1 heterocycles. The monoisotopic (exact) mass is 484 g/mol. The lowest BCUT2D eigenvalue weighted by Crippen LogP contribution is -2.15. The number of hydrogen-bond donors (Lipinski definition) is 1. The Labute approximate surface area is 192 Å². The van der Waals surface area contributed by atoms with Gasteiger partial charge in [-0.3, -0.25) is 4.79 Å². The highest BCUT2D eigenvalue weighted by molar-refractivity contribution is 7.99. The summed E-state index contributed by atoms with van der Waals surface area (Å²) in [5.41, 5.74) is 0.132. The van der Waals surface area contributed by atoms with Crippen LogP contribution in [0.5, 0.6) is 5.75 Å². The zero-order valence-corrected chi connectivity index (χ0v) is 19.0. The molecule has 1 amide bonds. The van der Waals surface area contributed by atoms with Gasteiger partial charge in [0.05, 0.1) is 11.3 Å². The largest absolute Gasteiger partial charge is 0.483 e. The number of nitrogens with one attached hydrogen (secondary N) is 1. The van der Waals surface area contributed by atoms with Gasteiger partial charge in [0.1, 0.15) is 5.75 Å². The third-order valence-corrected chi connectivity index (χ3v) is 5.92. The highest BCUT2D eigenvalue weighted by Crippen LogP contribution is 2.31. The summed E-state index contributed by atoms with van der Waals surface area (Å²) in [5, 5.41) is 11.8. The topological polar surface area (TPSA) is 69.0 Å². The molecule has 0 saturated carbocycles. The highest BCUT2D eigenvalue weighted by atomic mass is 35.5. The van der Waals surface area contributed by atoms with Crippen molar-refractivity contribution in [2.75, 3.05) is 11.1 Å². The summed E-state index contributed by atoms with van der Waals surface area (Å²) in [4.78, 5) is 12.2. The summed E-state index contributed by atoms with van der Waals surface area (Å²) >= 11 is 7.15. The maximum atomic E-state index is 12.8. The number of anilines is 1. The summed E-state index contributed by atoms with van der Waals surface area (Å²) < 4.78 is 46.0. The van der Waals surface area contributed by atoms with E-state index in [9.17, 15) is 18.0 Å². The van der Waals surface area contributed by atoms with Crippen LogP contribution in [0, 0.1) is 6.92 Å². The van der Waals surface area contributed by atoms with Gasteiger partial charge in [-0.15, -0.1) is 10.2 Å². The molecular weight excluding hydrogens is 465 g/mol. The molecule has 0 aliphatic carbocycles. The molecule has 0 spiro atoms. The van der Waals surface area contributed by atoms with Gasteiger partial charge >= 0.3 is 6.18 Å². The second-order valence-corrected chi connectivity index (χ2v) is 8.34. The molecule has 1 atom stereocenters. The Morgan fingerprint density at radius 2 is 2.00 bits per heavy atom. The molecule has 3 aromatic rings. The molecule has 0 radical (unpaired) electrons. The number of ether oxygens (including phenoxy) is 1. The lowest BCUT2D eigenvalue weighted by atomic mass is 10.2.